The Hall–Kier alpha value is -3.25. The first-order valence-electron chi connectivity index (χ1n) is 9.87. The van der Waals surface area contributed by atoms with Gasteiger partial charge >= 0.3 is 12.2 Å². The molecule has 1 aliphatic rings. The topological polar surface area (TPSA) is 60.5 Å². The lowest BCUT2D eigenvalue weighted by atomic mass is 10.1. The van der Waals surface area contributed by atoms with Crippen molar-refractivity contribution in [2.75, 3.05) is 44.7 Å². The molecule has 2 heterocycles. The van der Waals surface area contributed by atoms with Gasteiger partial charge in [-0.05, 0) is 36.9 Å². The van der Waals surface area contributed by atoms with Crippen molar-refractivity contribution in [3.63, 3.8) is 0 Å². The number of piperazine rings is 1. The number of hydrogen-bond acceptors (Lipinski definition) is 4. The number of likely N-dealkylation sites (N-methyl/N-ethyl adjacent to an activating group) is 1. The molecule has 1 aromatic carbocycles. The summed E-state index contributed by atoms with van der Waals surface area (Å²) in [5.41, 5.74) is 0.351. The summed E-state index contributed by atoms with van der Waals surface area (Å²) >= 11 is 0. The number of carbonyl (C=O) groups excluding carboxylic acids is 1. The minimum absolute atomic E-state index is 0.0165. The highest BCUT2D eigenvalue weighted by Crippen LogP contribution is 2.29. The summed E-state index contributed by atoms with van der Waals surface area (Å²) in [4.78, 5) is 20.9. The van der Waals surface area contributed by atoms with Crippen LogP contribution in [0.2, 0.25) is 0 Å². The first kappa shape index (κ1) is 22.4. The van der Waals surface area contributed by atoms with Gasteiger partial charge < -0.3 is 20.4 Å². The van der Waals surface area contributed by atoms with E-state index < -0.39 is 17.8 Å². The quantitative estimate of drug-likeness (QED) is 0.731. The van der Waals surface area contributed by atoms with Crippen molar-refractivity contribution in [2.45, 2.75) is 12.7 Å². The maximum Gasteiger partial charge on any atom is 0.416 e. The molecule has 1 fully saturated rings. The number of aromatic nitrogens is 1. The summed E-state index contributed by atoms with van der Waals surface area (Å²) in [6, 6.07) is 8.21. The second-order valence-electron chi connectivity index (χ2n) is 7.23. The number of halogens is 3. The number of benzene rings is 1. The molecule has 0 bridgehead atoms. The number of rotatable bonds is 4. The zero-order valence-electron chi connectivity index (χ0n) is 17.2. The number of alkyl halides is 3. The predicted octanol–water partition coefficient (Wildman–Crippen LogP) is 2.70. The van der Waals surface area contributed by atoms with Crippen LogP contribution in [0.15, 0.2) is 42.6 Å². The van der Waals surface area contributed by atoms with E-state index in [0.29, 0.717) is 6.54 Å². The average molecular weight is 431 g/mol. The van der Waals surface area contributed by atoms with Gasteiger partial charge in [0.2, 0.25) is 0 Å². The number of carbonyl (C=O) groups is 1. The summed E-state index contributed by atoms with van der Waals surface area (Å²) in [5, 5.41) is 5.26. The Bertz CT molecular complexity index is 942. The lowest BCUT2D eigenvalue weighted by molar-refractivity contribution is -0.137. The van der Waals surface area contributed by atoms with E-state index in [2.05, 4.69) is 44.3 Å². The Morgan fingerprint density at radius 1 is 1.13 bits per heavy atom. The SMILES string of the molecule is CN1CCN(c2ccc(CNC(=O)NCC#Cc3cccc(C(F)(F)F)c3)cn2)CC1. The van der Waals surface area contributed by atoms with Gasteiger partial charge in [-0.3, -0.25) is 0 Å². The van der Waals surface area contributed by atoms with E-state index >= 15 is 0 Å². The van der Waals surface area contributed by atoms with Crippen LogP contribution in [0.3, 0.4) is 0 Å². The average Bonchev–Trinajstić information content (AvgIpc) is 2.76. The van der Waals surface area contributed by atoms with Crippen molar-refractivity contribution in [2.24, 2.45) is 0 Å². The number of nitrogens with one attached hydrogen (secondary N) is 2. The number of pyridine rings is 1. The van der Waals surface area contributed by atoms with Crippen LogP contribution in [0.1, 0.15) is 16.7 Å². The van der Waals surface area contributed by atoms with Crippen molar-refractivity contribution < 1.29 is 18.0 Å². The molecule has 3 rings (SSSR count). The molecule has 0 aliphatic carbocycles. The molecular formula is C22H24F3N5O. The largest absolute Gasteiger partial charge is 0.416 e. The van der Waals surface area contributed by atoms with E-state index in [1.165, 1.54) is 12.1 Å². The minimum atomic E-state index is -4.41. The van der Waals surface area contributed by atoms with Crippen LogP contribution in [0.25, 0.3) is 0 Å². The highest BCUT2D eigenvalue weighted by atomic mass is 19.4. The van der Waals surface area contributed by atoms with Crippen LogP contribution in [0.5, 0.6) is 0 Å². The number of urea groups is 1. The second kappa shape index (κ2) is 10.2. The fourth-order valence-corrected chi connectivity index (χ4v) is 3.03. The van der Waals surface area contributed by atoms with Crippen molar-refractivity contribution in [1.29, 1.82) is 0 Å². The van der Waals surface area contributed by atoms with Gasteiger partial charge in [0.05, 0.1) is 12.1 Å². The molecule has 2 N–H and O–H groups in total. The molecule has 31 heavy (non-hydrogen) atoms. The van der Waals surface area contributed by atoms with Gasteiger partial charge in [0.1, 0.15) is 5.82 Å². The molecule has 0 unspecified atom stereocenters. The molecule has 0 saturated carbocycles. The molecular weight excluding hydrogens is 407 g/mol. The molecule has 2 amide bonds. The summed E-state index contributed by atoms with van der Waals surface area (Å²) in [7, 11) is 2.10. The Kier molecular flexibility index (Phi) is 7.36. The smallest absolute Gasteiger partial charge is 0.354 e. The molecule has 1 aromatic heterocycles. The third-order valence-corrected chi connectivity index (χ3v) is 4.85. The van der Waals surface area contributed by atoms with Crippen LogP contribution in [0.4, 0.5) is 23.8 Å². The van der Waals surface area contributed by atoms with E-state index in [4.69, 9.17) is 0 Å². The van der Waals surface area contributed by atoms with Gasteiger partial charge in [-0.25, -0.2) is 9.78 Å². The maximum absolute atomic E-state index is 12.7. The van der Waals surface area contributed by atoms with Gasteiger partial charge in [-0.1, -0.05) is 24.0 Å². The number of anilines is 1. The van der Waals surface area contributed by atoms with E-state index in [1.807, 2.05) is 12.1 Å². The normalized spacial score (nSPS) is 14.5. The van der Waals surface area contributed by atoms with E-state index in [9.17, 15) is 18.0 Å². The Morgan fingerprint density at radius 3 is 2.58 bits per heavy atom. The fraction of sp³-hybridized carbons (Fsp3) is 0.364. The number of hydrogen-bond donors (Lipinski definition) is 2. The molecule has 0 spiro atoms. The first-order valence-corrected chi connectivity index (χ1v) is 9.87. The lowest BCUT2D eigenvalue weighted by Gasteiger charge is -2.33. The van der Waals surface area contributed by atoms with Gasteiger partial charge in [0, 0.05) is 44.5 Å². The summed E-state index contributed by atoms with van der Waals surface area (Å²) in [5.74, 6) is 6.18. The monoisotopic (exact) mass is 431 g/mol. The van der Waals surface area contributed by atoms with Crippen LogP contribution in [-0.2, 0) is 12.7 Å². The van der Waals surface area contributed by atoms with Crippen molar-refractivity contribution >= 4 is 11.8 Å². The third kappa shape index (κ3) is 6.89. The standard InChI is InChI=1S/C22H24F3N5O/c1-29-10-12-30(13-11-29)20-8-7-18(15-27-20)16-28-21(31)26-9-3-5-17-4-2-6-19(14-17)22(23,24)25/h2,4,6-8,14-15H,9-13,16H2,1H3,(H2,26,28,31). The zero-order valence-corrected chi connectivity index (χ0v) is 17.2. The fourth-order valence-electron chi connectivity index (χ4n) is 3.03. The summed E-state index contributed by atoms with van der Waals surface area (Å²) < 4.78 is 38.1. The Balaban J connectivity index is 1.41. The molecule has 0 atom stereocenters. The first-order chi connectivity index (χ1) is 14.8. The Morgan fingerprint density at radius 2 is 1.90 bits per heavy atom. The lowest BCUT2D eigenvalue weighted by Crippen LogP contribution is -2.44. The van der Waals surface area contributed by atoms with Gasteiger partial charge in [0.25, 0.3) is 0 Å². The minimum Gasteiger partial charge on any atom is -0.354 e. The van der Waals surface area contributed by atoms with Crippen LogP contribution < -0.4 is 15.5 Å². The zero-order chi connectivity index (χ0) is 22.3. The second-order valence-corrected chi connectivity index (χ2v) is 7.23. The van der Waals surface area contributed by atoms with E-state index in [0.717, 1.165) is 49.7 Å². The highest BCUT2D eigenvalue weighted by Gasteiger charge is 2.30. The molecule has 2 aromatic rings. The van der Waals surface area contributed by atoms with Gasteiger partial charge in [-0.2, -0.15) is 13.2 Å². The van der Waals surface area contributed by atoms with Crippen molar-refractivity contribution in [3.8, 4) is 11.8 Å². The van der Waals surface area contributed by atoms with Crippen LogP contribution in [-0.4, -0.2) is 55.7 Å². The molecule has 164 valence electrons. The van der Waals surface area contributed by atoms with Crippen molar-refractivity contribution in [1.82, 2.24) is 20.5 Å². The van der Waals surface area contributed by atoms with Crippen molar-refractivity contribution in [3.05, 3.63) is 59.3 Å². The van der Waals surface area contributed by atoms with Crippen LogP contribution in [0, 0.1) is 11.8 Å². The Labute approximate surface area is 179 Å². The van der Waals surface area contributed by atoms with Gasteiger partial charge in [0.15, 0.2) is 0 Å². The van der Waals surface area contributed by atoms with Gasteiger partial charge in [-0.15, -0.1) is 0 Å². The summed E-state index contributed by atoms with van der Waals surface area (Å²) in [6.07, 6.45) is -2.67. The molecule has 9 heteroatoms. The third-order valence-electron chi connectivity index (χ3n) is 4.85. The van der Waals surface area contributed by atoms with Crippen LogP contribution >= 0.6 is 0 Å². The maximum atomic E-state index is 12.7. The summed E-state index contributed by atoms with van der Waals surface area (Å²) in [6.45, 7) is 4.20. The molecule has 1 saturated heterocycles. The molecule has 0 radical (unpaired) electrons. The molecule has 1 aliphatic heterocycles. The van der Waals surface area contributed by atoms with E-state index in [1.54, 1.807) is 6.20 Å². The molecule has 6 nitrogen and oxygen atoms in total. The predicted molar refractivity (Wildman–Crippen MR) is 113 cm³/mol. The number of nitrogens with zero attached hydrogens (tertiary/aromatic N) is 3. The number of amides is 2. The van der Waals surface area contributed by atoms with E-state index in [-0.39, 0.29) is 12.1 Å². The highest BCUT2D eigenvalue weighted by molar-refractivity contribution is 5.74.